The molecule has 1 aromatic heterocycles. The Hall–Kier alpha value is -4.50. The Morgan fingerprint density at radius 2 is 1.09 bits per heavy atom. The number of aromatic nitrogens is 1. The Balaban J connectivity index is 1.97. The van der Waals surface area contributed by atoms with Crippen LogP contribution in [0.1, 0.15) is 5.56 Å². The van der Waals surface area contributed by atoms with Gasteiger partial charge in [-0.1, -0.05) is 97.1 Å². The summed E-state index contributed by atoms with van der Waals surface area (Å²) in [5, 5.41) is 12.1. The van der Waals surface area contributed by atoms with Crippen molar-refractivity contribution in [2.75, 3.05) is 0 Å². The van der Waals surface area contributed by atoms with E-state index in [2.05, 4.69) is 22.9 Å². The van der Waals surface area contributed by atoms with Gasteiger partial charge in [0.05, 0.1) is 5.56 Å². The zero-order valence-electron chi connectivity index (χ0n) is 18.6. The van der Waals surface area contributed by atoms with E-state index >= 15 is 0 Å². The SMILES string of the molecule is O=C([O-])Cc1c(-c2ccccc2)c(-c2ccccc2)c[n+](-c2ccccc2)c1-c1ccccc1. The lowest BCUT2D eigenvalue weighted by Crippen LogP contribution is -2.36. The van der Waals surface area contributed by atoms with E-state index in [4.69, 9.17) is 0 Å². The Labute approximate surface area is 199 Å². The van der Waals surface area contributed by atoms with Crippen LogP contribution in [0.3, 0.4) is 0 Å². The molecule has 34 heavy (non-hydrogen) atoms. The summed E-state index contributed by atoms with van der Waals surface area (Å²) in [4.78, 5) is 12.1. The summed E-state index contributed by atoms with van der Waals surface area (Å²) in [5.74, 6) is -1.11. The quantitative estimate of drug-likeness (QED) is 0.338. The molecule has 0 amide bonds. The fraction of sp³-hybridized carbons (Fsp3) is 0.0323. The number of nitrogens with zero attached hydrogens (tertiary/aromatic N) is 1. The lowest BCUT2D eigenvalue weighted by atomic mass is 9.87. The first-order chi connectivity index (χ1) is 16.7. The number of hydrogen-bond acceptors (Lipinski definition) is 2. The first-order valence-corrected chi connectivity index (χ1v) is 11.3. The van der Waals surface area contributed by atoms with Crippen molar-refractivity contribution >= 4 is 5.97 Å². The molecule has 0 atom stereocenters. The summed E-state index contributed by atoms with van der Waals surface area (Å²) in [6, 6.07) is 40.1. The fourth-order valence-electron chi connectivity index (χ4n) is 4.47. The Kier molecular flexibility index (Phi) is 6.00. The van der Waals surface area contributed by atoms with Crippen molar-refractivity contribution < 1.29 is 14.5 Å². The van der Waals surface area contributed by atoms with Crippen LogP contribution in [0.25, 0.3) is 39.2 Å². The van der Waals surface area contributed by atoms with E-state index in [9.17, 15) is 9.90 Å². The predicted octanol–water partition coefficient (Wildman–Crippen LogP) is 5.26. The maximum atomic E-state index is 12.1. The van der Waals surface area contributed by atoms with Gasteiger partial charge in [0.25, 0.3) is 0 Å². The van der Waals surface area contributed by atoms with Crippen molar-refractivity contribution in [3.63, 3.8) is 0 Å². The first kappa shape index (κ1) is 21.4. The van der Waals surface area contributed by atoms with Gasteiger partial charge in [0.15, 0.2) is 6.20 Å². The Morgan fingerprint density at radius 1 is 0.618 bits per heavy atom. The second-order valence-electron chi connectivity index (χ2n) is 8.10. The molecule has 0 spiro atoms. The largest absolute Gasteiger partial charge is 0.550 e. The van der Waals surface area contributed by atoms with Gasteiger partial charge < -0.3 is 9.90 Å². The lowest BCUT2D eigenvalue weighted by Gasteiger charge is -2.19. The van der Waals surface area contributed by atoms with Crippen molar-refractivity contribution in [3.8, 4) is 39.2 Å². The molecular formula is C31H23NO2. The lowest BCUT2D eigenvalue weighted by molar-refractivity contribution is -0.583. The molecular weight excluding hydrogens is 418 g/mol. The van der Waals surface area contributed by atoms with E-state index in [0.717, 1.165) is 44.8 Å². The molecule has 0 fully saturated rings. The zero-order valence-corrected chi connectivity index (χ0v) is 18.6. The summed E-state index contributed by atoms with van der Waals surface area (Å²) in [7, 11) is 0. The van der Waals surface area contributed by atoms with Gasteiger partial charge in [0.1, 0.15) is 0 Å². The Bertz CT molecular complexity index is 1310. The van der Waals surface area contributed by atoms with Gasteiger partial charge >= 0.3 is 0 Å². The monoisotopic (exact) mass is 441 g/mol. The van der Waals surface area contributed by atoms with Crippen LogP contribution in [0, 0.1) is 0 Å². The topological polar surface area (TPSA) is 44.0 Å². The number of carboxylic acid groups (broad SMARTS) is 1. The summed E-state index contributed by atoms with van der Waals surface area (Å²) in [6.07, 6.45) is 1.91. The first-order valence-electron chi connectivity index (χ1n) is 11.3. The number of benzene rings is 4. The van der Waals surface area contributed by atoms with Crippen molar-refractivity contribution in [1.82, 2.24) is 0 Å². The molecule has 164 valence electrons. The molecule has 0 radical (unpaired) electrons. The highest BCUT2D eigenvalue weighted by Crippen LogP contribution is 2.38. The number of aliphatic carboxylic acids is 1. The molecule has 0 aliphatic heterocycles. The third kappa shape index (κ3) is 4.24. The van der Waals surface area contributed by atoms with Gasteiger partial charge in [-0.15, -0.1) is 0 Å². The number of rotatable bonds is 6. The number of carboxylic acids is 1. The molecule has 4 aromatic carbocycles. The second-order valence-corrected chi connectivity index (χ2v) is 8.10. The van der Waals surface area contributed by atoms with E-state index in [-0.39, 0.29) is 6.42 Å². The number of hydrogen-bond donors (Lipinski definition) is 0. The third-order valence-corrected chi connectivity index (χ3v) is 5.91. The summed E-state index contributed by atoms with van der Waals surface area (Å²) in [6.45, 7) is 0. The average Bonchev–Trinajstić information content (AvgIpc) is 2.90. The molecule has 3 nitrogen and oxygen atoms in total. The molecule has 0 aliphatic rings. The molecule has 0 bridgehead atoms. The minimum absolute atomic E-state index is 0.206. The zero-order chi connectivity index (χ0) is 23.3. The van der Waals surface area contributed by atoms with Crippen LogP contribution >= 0.6 is 0 Å². The van der Waals surface area contributed by atoms with E-state index in [0.29, 0.717) is 0 Å². The van der Waals surface area contributed by atoms with Crippen LogP contribution in [0.4, 0.5) is 0 Å². The van der Waals surface area contributed by atoms with Gasteiger partial charge in [-0.3, -0.25) is 0 Å². The molecule has 0 unspecified atom stereocenters. The van der Waals surface area contributed by atoms with Gasteiger partial charge in [0, 0.05) is 41.2 Å². The van der Waals surface area contributed by atoms with E-state index in [1.807, 2.05) is 109 Å². The van der Waals surface area contributed by atoms with Crippen molar-refractivity contribution in [3.05, 3.63) is 133 Å². The van der Waals surface area contributed by atoms with E-state index in [1.165, 1.54) is 0 Å². The van der Waals surface area contributed by atoms with Gasteiger partial charge in [0.2, 0.25) is 11.4 Å². The van der Waals surface area contributed by atoms with E-state index in [1.54, 1.807) is 0 Å². The molecule has 5 aromatic rings. The number of carbonyl (C=O) groups excluding carboxylic acids is 1. The minimum atomic E-state index is -1.11. The smallest absolute Gasteiger partial charge is 0.222 e. The van der Waals surface area contributed by atoms with Crippen LogP contribution in [0.5, 0.6) is 0 Å². The Morgan fingerprint density at radius 3 is 1.62 bits per heavy atom. The highest BCUT2D eigenvalue weighted by molar-refractivity contribution is 5.90. The second kappa shape index (κ2) is 9.55. The molecule has 0 aliphatic carbocycles. The molecule has 3 heteroatoms. The number of pyridine rings is 1. The van der Waals surface area contributed by atoms with Crippen LogP contribution in [-0.4, -0.2) is 5.97 Å². The highest BCUT2D eigenvalue weighted by Gasteiger charge is 2.28. The van der Waals surface area contributed by atoms with Crippen LogP contribution in [0.15, 0.2) is 128 Å². The van der Waals surface area contributed by atoms with E-state index < -0.39 is 5.97 Å². The van der Waals surface area contributed by atoms with Crippen LogP contribution < -0.4 is 9.67 Å². The molecule has 0 saturated heterocycles. The molecule has 1 heterocycles. The normalized spacial score (nSPS) is 10.7. The summed E-state index contributed by atoms with van der Waals surface area (Å²) >= 11 is 0. The predicted molar refractivity (Wildman–Crippen MR) is 133 cm³/mol. The third-order valence-electron chi connectivity index (χ3n) is 5.91. The number of para-hydroxylation sites is 1. The maximum absolute atomic E-state index is 12.1. The highest BCUT2D eigenvalue weighted by atomic mass is 16.4. The van der Waals surface area contributed by atoms with Gasteiger partial charge in [-0.05, 0) is 23.3 Å². The molecule has 0 N–H and O–H groups in total. The van der Waals surface area contributed by atoms with Crippen LogP contribution in [0.2, 0.25) is 0 Å². The summed E-state index contributed by atoms with van der Waals surface area (Å²) < 4.78 is 2.10. The molecule has 0 saturated carbocycles. The van der Waals surface area contributed by atoms with Crippen molar-refractivity contribution in [2.24, 2.45) is 0 Å². The van der Waals surface area contributed by atoms with Gasteiger partial charge in [-0.25, -0.2) is 0 Å². The minimum Gasteiger partial charge on any atom is -0.550 e. The van der Waals surface area contributed by atoms with Crippen LogP contribution in [-0.2, 0) is 11.2 Å². The van der Waals surface area contributed by atoms with Crippen molar-refractivity contribution in [1.29, 1.82) is 0 Å². The van der Waals surface area contributed by atoms with Gasteiger partial charge in [-0.2, -0.15) is 4.57 Å². The van der Waals surface area contributed by atoms with Crippen molar-refractivity contribution in [2.45, 2.75) is 6.42 Å². The average molecular weight is 442 g/mol. The standard InChI is InChI=1S/C31H23NO2/c33-29(34)21-27-30(24-15-7-2-8-16-24)28(23-13-5-1-6-14-23)22-32(26-19-11-4-12-20-26)31(27)25-17-9-3-10-18-25/h1-20,22H,21H2. The maximum Gasteiger partial charge on any atom is 0.222 e. The fourth-order valence-corrected chi connectivity index (χ4v) is 4.47. The molecule has 5 rings (SSSR count). The number of carbonyl (C=O) groups is 1. The summed E-state index contributed by atoms with van der Waals surface area (Å²) in [5.41, 5.74) is 7.32.